The third-order valence-electron chi connectivity index (χ3n) is 8.20. The highest BCUT2D eigenvalue weighted by molar-refractivity contribution is 6.35. The number of esters is 2. The third-order valence-corrected chi connectivity index (χ3v) is 8.20. The zero-order valence-corrected chi connectivity index (χ0v) is 27.0. The fourth-order valence-corrected chi connectivity index (χ4v) is 5.72. The van der Waals surface area contributed by atoms with Crippen LogP contribution in [0.15, 0.2) is 78.9 Å². The number of rotatable bonds is 11. The highest BCUT2D eigenvalue weighted by Crippen LogP contribution is 2.35. The summed E-state index contributed by atoms with van der Waals surface area (Å²) in [6, 6.07) is 21.5. The van der Waals surface area contributed by atoms with Crippen molar-refractivity contribution in [3.8, 4) is 0 Å². The van der Waals surface area contributed by atoms with Gasteiger partial charge in [-0.2, -0.15) is 0 Å². The molecule has 4 N–H and O–H groups in total. The summed E-state index contributed by atoms with van der Waals surface area (Å²) in [5.41, 5.74) is 5.18. The number of benzene rings is 3. The van der Waals surface area contributed by atoms with Crippen LogP contribution in [-0.2, 0) is 36.7 Å². The Morgan fingerprint density at radius 1 is 0.771 bits per heavy atom. The Kier molecular flexibility index (Phi) is 10.2. The summed E-state index contributed by atoms with van der Waals surface area (Å²) in [7, 11) is 2.53. The van der Waals surface area contributed by atoms with Gasteiger partial charge in [0.25, 0.3) is 17.7 Å². The first-order valence-electron chi connectivity index (χ1n) is 15.3. The van der Waals surface area contributed by atoms with E-state index in [1.807, 2.05) is 60.7 Å². The molecule has 1 aliphatic rings. The van der Waals surface area contributed by atoms with Crippen LogP contribution in [0.5, 0.6) is 0 Å². The van der Waals surface area contributed by atoms with Crippen LogP contribution in [0.25, 0.3) is 11.6 Å². The lowest BCUT2D eigenvalue weighted by molar-refractivity contribution is -0.143. The van der Waals surface area contributed by atoms with Gasteiger partial charge in [-0.1, -0.05) is 60.7 Å². The molecule has 0 spiro atoms. The highest BCUT2D eigenvalue weighted by Gasteiger charge is 2.29. The molecule has 1 aliphatic heterocycles. The molecular formula is C37H36N4O7. The van der Waals surface area contributed by atoms with Crippen LogP contribution in [0.1, 0.15) is 54.4 Å². The predicted molar refractivity (Wildman–Crippen MR) is 180 cm³/mol. The molecule has 11 heteroatoms. The van der Waals surface area contributed by atoms with E-state index in [1.165, 1.54) is 14.2 Å². The van der Waals surface area contributed by atoms with E-state index in [0.29, 0.717) is 33.8 Å². The quantitative estimate of drug-likeness (QED) is 0.141. The number of hydrogen-bond donors (Lipinski definition) is 4. The van der Waals surface area contributed by atoms with Crippen LogP contribution in [0, 0.1) is 13.8 Å². The maximum absolute atomic E-state index is 13.5. The zero-order chi connectivity index (χ0) is 34.4. The number of fused-ring (bicyclic) bond motifs is 1. The largest absolute Gasteiger partial charge is 0.467 e. The molecule has 3 amide bonds. The molecule has 246 valence electrons. The Labute approximate surface area is 277 Å². The van der Waals surface area contributed by atoms with Crippen LogP contribution < -0.4 is 16.0 Å². The third kappa shape index (κ3) is 7.36. The maximum atomic E-state index is 13.5. The van der Waals surface area contributed by atoms with Crippen molar-refractivity contribution >= 4 is 47.0 Å². The number of aromatic amines is 1. The minimum atomic E-state index is -0.923. The van der Waals surface area contributed by atoms with Gasteiger partial charge in [-0.3, -0.25) is 14.4 Å². The molecule has 2 unspecified atom stereocenters. The molecule has 0 bridgehead atoms. The summed E-state index contributed by atoms with van der Waals surface area (Å²) < 4.78 is 9.87. The van der Waals surface area contributed by atoms with Gasteiger partial charge in [0.2, 0.25) is 0 Å². The van der Waals surface area contributed by atoms with Crippen molar-refractivity contribution in [1.29, 1.82) is 0 Å². The van der Waals surface area contributed by atoms with Gasteiger partial charge in [-0.25, -0.2) is 9.59 Å². The van der Waals surface area contributed by atoms with E-state index < -0.39 is 35.8 Å². The first-order valence-corrected chi connectivity index (χ1v) is 15.3. The van der Waals surface area contributed by atoms with E-state index in [9.17, 15) is 24.0 Å². The summed E-state index contributed by atoms with van der Waals surface area (Å²) in [6.45, 7) is 3.47. The fraction of sp³-hybridized carbons (Fsp3) is 0.216. The van der Waals surface area contributed by atoms with E-state index in [1.54, 1.807) is 38.1 Å². The summed E-state index contributed by atoms with van der Waals surface area (Å²) in [6.07, 6.45) is 2.11. The van der Waals surface area contributed by atoms with Crippen molar-refractivity contribution in [2.45, 2.75) is 38.8 Å². The molecule has 3 aromatic carbocycles. The molecule has 1 aromatic heterocycles. The number of aromatic nitrogens is 1. The number of aryl methyl sites for hydroxylation is 1. The lowest BCUT2D eigenvalue weighted by atomic mass is 10.0. The SMILES string of the molecule is COC(=O)C(Cc1ccccc1)NC(=O)c1ccc2c(c1)C(=Cc1[nH]c(C)c(C(=O)NC(Cc3ccccc3)C(=O)OC)c1C)C(=O)N2. The van der Waals surface area contributed by atoms with Crippen molar-refractivity contribution in [2.75, 3.05) is 19.5 Å². The molecule has 48 heavy (non-hydrogen) atoms. The highest BCUT2D eigenvalue weighted by atomic mass is 16.5. The number of hydrogen-bond acceptors (Lipinski definition) is 7. The standard InChI is InChI=1S/C37H36N4O7/c1-21-29(38-22(2)32(21)35(44)41-31(37(46)48-4)18-24-13-9-6-10-14-24)20-27-26-19-25(15-16-28(26)39-34(27)43)33(42)40-30(36(45)47-3)17-23-11-7-5-8-12-23/h5-16,19-20,30-31,38H,17-18H2,1-4H3,(H,39,43)(H,40,42)(H,41,44). The molecule has 2 heterocycles. The van der Waals surface area contributed by atoms with E-state index in [-0.39, 0.29) is 29.9 Å². The average Bonchev–Trinajstić information content (AvgIpc) is 3.56. The van der Waals surface area contributed by atoms with E-state index >= 15 is 0 Å². The van der Waals surface area contributed by atoms with Gasteiger partial charge in [0.15, 0.2) is 0 Å². The molecule has 0 saturated heterocycles. The summed E-state index contributed by atoms with van der Waals surface area (Å²) >= 11 is 0. The molecule has 0 aliphatic carbocycles. The smallest absolute Gasteiger partial charge is 0.328 e. The van der Waals surface area contributed by atoms with Gasteiger partial charge < -0.3 is 30.4 Å². The summed E-state index contributed by atoms with van der Waals surface area (Å²) in [5, 5.41) is 8.36. The van der Waals surface area contributed by atoms with Gasteiger partial charge in [-0.05, 0) is 54.8 Å². The lowest BCUT2D eigenvalue weighted by Gasteiger charge is -2.17. The Hall–Kier alpha value is -5.97. The van der Waals surface area contributed by atoms with Crippen molar-refractivity contribution in [3.05, 3.63) is 124 Å². The van der Waals surface area contributed by atoms with Crippen LogP contribution in [-0.4, -0.2) is 60.9 Å². The maximum Gasteiger partial charge on any atom is 0.328 e. The first-order chi connectivity index (χ1) is 23.1. The van der Waals surface area contributed by atoms with Crippen molar-refractivity contribution in [3.63, 3.8) is 0 Å². The Balaban J connectivity index is 1.38. The molecule has 0 radical (unpaired) electrons. The monoisotopic (exact) mass is 648 g/mol. The number of methoxy groups -OCH3 is 2. The van der Waals surface area contributed by atoms with Gasteiger partial charge >= 0.3 is 11.9 Å². The van der Waals surface area contributed by atoms with Gasteiger partial charge in [0, 0.05) is 41.0 Å². The number of nitrogens with one attached hydrogen (secondary N) is 4. The van der Waals surface area contributed by atoms with Crippen LogP contribution in [0.2, 0.25) is 0 Å². The van der Waals surface area contributed by atoms with E-state index in [2.05, 4.69) is 20.9 Å². The number of carbonyl (C=O) groups excluding carboxylic acids is 5. The topological polar surface area (TPSA) is 156 Å². The molecule has 2 atom stereocenters. The van der Waals surface area contributed by atoms with Gasteiger partial charge in [-0.15, -0.1) is 0 Å². The first kappa shape index (κ1) is 33.4. The van der Waals surface area contributed by atoms with Crippen molar-refractivity contribution < 1.29 is 33.4 Å². The Morgan fingerprint density at radius 2 is 1.31 bits per heavy atom. The molecule has 0 fully saturated rings. The van der Waals surface area contributed by atoms with E-state index in [4.69, 9.17) is 9.47 Å². The molecule has 11 nitrogen and oxygen atoms in total. The second-order valence-electron chi connectivity index (χ2n) is 11.4. The summed E-state index contributed by atoms with van der Waals surface area (Å²) in [5.74, 6) is -2.52. The Bertz CT molecular complexity index is 1900. The fourth-order valence-electron chi connectivity index (χ4n) is 5.72. The zero-order valence-electron chi connectivity index (χ0n) is 27.0. The van der Waals surface area contributed by atoms with Crippen LogP contribution in [0.4, 0.5) is 5.69 Å². The number of amides is 3. The minimum absolute atomic E-state index is 0.239. The van der Waals surface area contributed by atoms with Crippen LogP contribution in [0.3, 0.4) is 0 Å². The molecular weight excluding hydrogens is 612 g/mol. The molecule has 0 saturated carbocycles. The van der Waals surface area contributed by atoms with Gasteiger partial charge in [0.05, 0.1) is 25.4 Å². The van der Waals surface area contributed by atoms with Crippen molar-refractivity contribution in [2.24, 2.45) is 0 Å². The van der Waals surface area contributed by atoms with Crippen LogP contribution >= 0.6 is 0 Å². The second-order valence-corrected chi connectivity index (χ2v) is 11.4. The number of carbonyl (C=O) groups is 5. The normalized spacial score (nSPS) is 14.0. The number of anilines is 1. The minimum Gasteiger partial charge on any atom is -0.467 e. The van der Waals surface area contributed by atoms with Gasteiger partial charge in [0.1, 0.15) is 12.1 Å². The Morgan fingerprint density at radius 3 is 1.85 bits per heavy atom. The predicted octanol–water partition coefficient (Wildman–Crippen LogP) is 4.15. The average molecular weight is 649 g/mol. The molecule has 5 rings (SSSR count). The van der Waals surface area contributed by atoms with E-state index in [0.717, 1.165) is 11.1 Å². The van der Waals surface area contributed by atoms with Crippen molar-refractivity contribution in [1.82, 2.24) is 15.6 Å². The summed E-state index contributed by atoms with van der Waals surface area (Å²) in [4.78, 5) is 68.2. The number of H-pyrrole nitrogens is 1. The second kappa shape index (κ2) is 14.6. The molecule has 4 aromatic rings. The number of ether oxygens (including phenoxy) is 2. The lowest BCUT2D eigenvalue weighted by Crippen LogP contribution is -2.43.